The van der Waals surface area contributed by atoms with E-state index in [4.69, 9.17) is 5.10 Å². The molecule has 21 heavy (non-hydrogen) atoms. The molecule has 3 unspecified atom stereocenters. The van der Waals surface area contributed by atoms with Crippen LogP contribution in [0.25, 0.3) is 0 Å². The second kappa shape index (κ2) is 10.3. The molecule has 0 saturated heterocycles. The summed E-state index contributed by atoms with van der Waals surface area (Å²) in [6, 6.07) is 3.21. The number of thioether (sulfide) groups is 1. The number of nitrogens with one attached hydrogen (secondary N) is 1. The quantitative estimate of drug-likeness (QED) is 0.661. The molecule has 0 amide bonds. The van der Waals surface area contributed by atoms with Crippen molar-refractivity contribution in [3.05, 3.63) is 18.0 Å². The minimum atomic E-state index is 0.496. The van der Waals surface area contributed by atoms with Crippen LogP contribution in [0.15, 0.2) is 12.3 Å². The molecular formula is C17H33N3S. The van der Waals surface area contributed by atoms with Crippen LogP contribution in [0.1, 0.15) is 65.6 Å². The van der Waals surface area contributed by atoms with E-state index in [-0.39, 0.29) is 0 Å². The van der Waals surface area contributed by atoms with Gasteiger partial charge in [-0.25, -0.2) is 0 Å². The Morgan fingerprint density at radius 3 is 2.62 bits per heavy atom. The van der Waals surface area contributed by atoms with E-state index in [0.29, 0.717) is 12.1 Å². The van der Waals surface area contributed by atoms with E-state index in [2.05, 4.69) is 68.6 Å². The first-order chi connectivity index (χ1) is 10.1. The first-order valence-corrected chi connectivity index (χ1v) is 9.54. The predicted molar refractivity (Wildman–Crippen MR) is 95.2 cm³/mol. The lowest BCUT2D eigenvalue weighted by molar-refractivity contribution is 0.468. The summed E-state index contributed by atoms with van der Waals surface area (Å²) in [5, 5.41) is 9.17. The monoisotopic (exact) mass is 311 g/mol. The van der Waals surface area contributed by atoms with Crippen LogP contribution in [0.4, 0.5) is 0 Å². The van der Waals surface area contributed by atoms with Gasteiger partial charge in [-0.15, -0.1) is 0 Å². The summed E-state index contributed by atoms with van der Waals surface area (Å²) >= 11 is 2.07. The van der Waals surface area contributed by atoms with E-state index in [1.165, 1.54) is 24.3 Å². The summed E-state index contributed by atoms with van der Waals surface area (Å²) in [5.74, 6) is 1.17. The van der Waals surface area contributed by atoms with Crippen LogP contribution < -0.4 is 5.32 Å². The Morgan fingerprint density at radius 2 is 2.00 bits per heavy atom. The SMILES string of the molecule is CCCNC(CSC(C)CC)Cc1ccn(C(C)CC)n1. The number of aromatic nitrogens is 2. The van der Waals surface area contributed by atoms with Crippen molar-refractivity contribution in [2.24, 2.45) is 0 Å². The van der Waals surface area contributed by atoms with Gasteiger partial charge in [0.25, 0.3) is 0 Å². The molecule has 0 spiro atoms. The molecule has 0 aromatic carbocycles. The molecule has 1 heterocycles. The fourth-order valence-electron chi connectivity index (χ4n) is 2.11. The molecule has 3 atom stereocenters. The van der Waals surface area contributed by atoms with Gasteiger partial charge in [0.15, 0.2) is 0 Å². The standard InChI is InChI=1S/C17H33N3S/c1-6-10-18-17(13-21-15(5)8-3)12-16-9-11-20(19-16)14(4)7-2/h9,11,14-15,17-18H,6-8,10,12-13H2,1-5H3. The Bertz CT molecular complexity index is 378. The second-order valence-corrected chi connectivity index (χ2v) is 7.42. The van der Waals surface area contributed by atoms with Crippen LogP contribution in [-0.2, 0) is 6.42 Å². The van der Waals surface area contributed by atoms with Crippen LogP contribution in [-0.4, -0.2) is 33.4 Å². The van der Waals surface area contributed by atoms with Crippen LogP contribution in [0, 0.1) is 0 Å². The minimum Gasteiger partial charge on any atom is -0.313 e. The normalized spacial score (nSPS) is 15.9. The summed E-state index contributed by atoms with van der Waals surface area (Å²) in [5.41, 5.74) is 1.22. The first-order valence-electron chi connectivity index (χ1n) is 8.49. The molecule has 0 radical (unpaired) electrons. The maximum Gasteiger partial charge on any atom is 0.0640 e. The zero-order valence-electron chi connectivity index (χ0n) is 14.4. The summed E-state index contributed by atoms with van der Waals surface area (Å²) in [6.45, 7) is 12.3. The molecule has 122 valence electrons. The van der Waals surface area contributed by atoms with E-state index >= 15 is 0 Å². The van der Waals surface area contributed by atoms with E-state index < -0.39 is 0 Å². The molecular weight excluding hydrogens is 278 g/mol. The van der Waals surface area contributed by atoms with Crippen molar-refractivity contribution in [2.75, 3.05) is 12.3 Å². The molecule has 0 saturated carbocycles. The van der Waals surface area contributed by atoms with Crippen molar-refractivity contribution in [2.45, 2.75) is 77.6 Å². The van der Waals surface area contributed by atoms with E-state index in [1.54, 1.807) is 0 Å². The van der Waals surface area contributed by atoms with Gasteiger partial charge in [-0.05, 0) is 38.8 Å². The molecule has 1 aromatic heterocycles. The maximum atomic E-state index is 4.74. The molecule has 1 rings (SSSR count). The van der Waals surface area contributed by atoms with E-state index in [9.17, 15) is 0 Å². The van der Waals surface area contributed by atoms with Crippen molar-refractivity contribution < 1.29 is 0 Å². The highest BCUT2D eigenvalue weighted by Gasteiger charge is 2.13. The number of nitrogens with zero attached hydrogens (tertiary/aromatic N) is 2. The third kappa shape index (κ3) is 6.88. The third-order valence-corrected chi connectivity index (χ3v) is 5.50. The number of hydrogen-bond acceptors (Lipinski definition) is 3. The van der Waals surface area contributed by atoms with Gasteiger partial charge in [-0.1, -0.05) is 27.7 Å². The predicted octanol–water partition coefficient (Wildman–Crippen LogP) is 4.30. The highest BCUT2D eigenvalue weighted by atomic mass is 32.2. The molecule has 0 aliphatic rings. The van der Waals surface area contributed by atoms with Gasteiger partial charge in [0.05, 0.1) is 5.69 Å². The fraction of sp³-hybridized carbons (Fsp3) is 0.824. The second-order valence-electron chi connectivity index (χ2n) is 5.95. The molecule has 1 N–H and O–H groups in total. The zero-order valence-corrected chi connectivity index (χ0v) is 15.2. The minimum absolute atomic E-state index is 0.496. The fourth-order valence-corrected chi connectivity index (χ4v) is 3.14. The zero-order chi connectivity index (χ0) is 15.7. The maximum absolute atomic E-state index is 4.74. The van der Waals surface area contributed by atoms with Crippen molar-refractivity contribution in [3.63, 3.8) is 0 Å². The van der Waals surface area contributed by atoms with Crippen LogP contribution in [0.3, 0.4) is 0 Å². The molecule has 0 aliphatic heterocycles. The van der Waals surface area contributed by atoms with Gasteiger partial charge in [0, 0.05) is 35.7 Å². The Kier molecular flexibility index (Phi) is 9.09. The Hall–Kier alpha value is -0.480. The average Bonchev–Trinajstić information content (AvgIpc) is 2.97. The highest BCUT2D eigenvalue weighted by molar-refractivity contribution is 7.99. The Balaban J connectivity index is 2.56. The van der Waals surface area contributed by atoms with Gasteiger partial charge in [0.2, 0.25) is 0 Å². The van der Waals surface area contributed by atoms with Crippen molar-refractivity contribution >= 4 is 11.8 Å². The average molecular weight is 312 g/mol. The van der Waals surface area contributed by atoms with E-state index in [1.807, 2.05) is 0 Å². The lowest BCUT2D eigenvalue weighted by Gasteiger charge is -2.19. The van der Waals surface area contributed by atoms with Gasteiger partial charge >= 0.3 is 0 Å². The van der Waals surface area contributed by atoms with Crippen LogP contribution in [0.5, 0.6) is 0 Å². The Morgan fingerprint density at radius 1 is 1.24 bits per heavy atom. The molecule has 1 aromatic rings. The summed E-state index contributed by atoms with van der Waals surface area (Å²) in [6.07, 6.45) is 6.72. The van der Waals surface area contributed by atoms with Gasteiger partial charge < -0.3 is 5.32 Å². The molecule has 0 bridgehead atoms. The van der Waals surface area contributed by atoms with Gasteiger partial charge in [-0.2, -0.15) is 16.9 Å². The lowest BCUT2D eigenvalue weighted by atomic mass is 10.2. The smallest absolute Gasteiger partial charge is 0.0640 e. The number of rotatable bonds is 11. The molecule has 4 heteroatoms. The molecule has 3 nitrogen and oxygen atoms in total. The largest absolute Gasteiger partial charge is 0.313 e. The van der Waals surface area contributed by atoms with Gasteiger partial charge in [0.1, 0.15) is 0 Å². The topological polar surface area (TPSA) is 29.9 Å². The molecule has 0 fully saturated rings. The number of hydrogen-bond donors (Lipinski definition) is 1. The summed E-state index contributed by atoms with van der Waals surface area (Å²) in [7, 11) is 0. The van der Waals surface area contributed by atoms with Crippen molar-refractivity contribution in [1.82, 2.24) is 15.1 Å². The lowest BCUT2D eigenvalue weighted by Crippen LogP contribution is -2.34. The van der Waals surface area contributed by atoms with Crippen LogP contribution >= 0.6 is 11.8 Å². The van der Waals surface area contributed by atoms with E-state index in [0.717, 1.165) is 24.6 Å². The van der Waals surface area contributed by atoms with Gasteiger partial charge in [-0.3, -0.25) is 4.68 Å². The molecule has 0 aliphatic carbocycles. The van der Waals surface area contributed by atoms with Crippen LogP contribution in [0.2, 0.25) is 0 Å². The van der Waals surface area contributed by atoms with Crippen molar-refractivity contribution in [3.8, 4) is 0 Å². The summed E-state index contributed by atoms with van der Waals surface area (Å²) < 4.78 is 2.11. The van der Waals surface area contributed by atoms with Crippen molar-refractivity contribution in [1.29, 1.82) is 0 Å². The summed E-state index contributed by atoms with van der Waals surface area (Å²) in [4.78, 5) is 0. The third-order valence-electron chi connectivity index (χ3n) is 4.00. The highest BCUT2D eigenvalue weighted by Crippen LogP contribution is 2.17. The first kappa shape index (κ1) is 18.6. The Labute approximate surface area is 135 Å².